The molecule has 0 saturated carbocycles. The minimum Gasteiger partial charge on any atom is -0.384 e. The Bertz CT molecular complexity index is 221. The Labute approximate surface area is 97.8 Å². The van der Waals surface area contributed by atoms with Crippen LogP contribution in [0.4, 0.5) is 0 Å². The molecule has 1 saturated heterocycles. The number of guanidine groups is 1. The highest BCUT2D eigenvalue weighted by Gasteiger charge is 2.24. The summed E-state index contributed by atoms with van der Waals surface area (Å²) in [5.74, 6) is 1.60. The molecule has 1 unspecified atom stereocenters. The van der Waals surface area contributed by atoms with Crippen LogP contribution >= 0.6 is 0 Å². The van der Waals surface area contributed by atoms with E-state index in [-0.39, 0.29) is 0 Å². The minimum atomic E-state index is 0.631. The normalized spacial score (nSPS) is 21.6. The first-order valence-corrected chi connectivity index (χ1v) is 5.75. The van der Waals surface area contributed by atoms with Gasteiger partial charge in [0.15, 0.2) is 5.96 Å². The summed E-state index contributed by atoms with van der Waals surface area (Å²) in [4.78, 5) is 6.55. The summed E-state index contributed by atoms with van der Waals surface area (Å²) < 4.78 is 10.2. The van der Waals surface area contributed by atoms with Crippen LogP contribution in [0.1, 0.15) is 6.42 Å². The molecule has 0 spiro atoms. The zero-order valence-electron chi connectivity index (χ0n) is 10.5. The van der Waals surface area contributed by atoms with E-state index in [4.69, 9.17) is 9.47 Å². The van der Waals surface area contributed by atoms with Crippen molar-refractivity contribution in [1.82, 2.24) is 10.2 Å². The average molecular weight is 229 g/mol. The van der Waals surface area contributed by atoms with Gasteiger partial charge >= 0.3 is 0 Å². The van der Waals surface area contributed by atoms with Gasteiger partial charge in [0.05, 0.1) is 13.2 Å². The average Bonchev–Trinajstić information content (AvgIpc) is 2.74. The highest BCUT2D eigenvalue weighted by atomic mass is 16.5. The lowest BCUT2D eigenvalue weighted by molar-refractivity contribution is 0.157. The Hall–Kier alpha value is -0.810. The van der Waals surface area contributed by atoms with Crippen molar-refractivity contribution in [3.63, 3.8) is 0 Å². The smallest absolute Gasteiger partial charge is 0.193 e. The largest absolute Gasteiger partial charge is 0.384 e. The lowest BCUT2D eigenvalue weighted by Crippen LogP contribution is -2.41. The molecule has 1 rings (SSSR count). The van der Waals surface area contributed by atoms with Gasteiger partial charge in [-0.25, -0.2) is 0 Å². The number of hydrogen-bond donors (Lipinski definition) is 1. The van der Waals surface area contributed by atoms with Crippen molar-refractivity contribution in [1.29, 1.82) is 0 Å². The number of hydrogen-bond acceptors (Lipinski definition) is 3. The van der Waals surface area contributed by atoms with E-state index in [1.807, 2.05) is 7.05 Å². The van der Waals surface area contributed by atoms with E-state index < -0.39 is 0 Å². The van der Waals surface area contributed by atoms with E-state index in [1.54, 1.807) is 14.2 Å². The molecule has 1 atom stereocenters. The van der Waals surface area contributed by atoms with Crippen molar-refractivity contribution in [3.05, 3.63) is 0 Å². The van der Waals surface area contributed by atoms with Gasteiger partial charge in [-0.2, -0.15) is 0 Å². The molecule has 0 aromatic rings. The van der Waals surface area contributed by atoms with Crippen molar-refractivity contribution in [2.24, 2.45) is 10.9 Å². The topological polar surface area (TPSA) is 46.1 Å². The first kappa shape index (κ1) is 13.3. The third kappa shape index (κ3) is 3.98. The number of nitrogens with zero attached hydrogens (tertiary/aromatic N) is 2. The number of ether oxygens (including phenoxy) is 2. The van der Waals surface area contributed by atoms with Crippen LogP contribution in [0, 0.1) is 5.92 Å². The highest BCUT2D eigenvalue weighted by Crippen LogP contribution is 2.16. The number of rotatable bonds is 5. The third-order valence-corrected chi connectivity index (χ3v) is 2.79. The van der Waals surface area contributed by atoms with Crippen LogP contribution in [0.15, 0.2) is 4.99 Å². The molecule has 1 aliphatic heterocycles. The molecule has 94 valence electrons. The van der Waals surface area contributed by atoms with Crippen LogP contribution in [0.25, 0.3) is 0 Å². The molecule has 0 bridgehead atoms. The van der Waals surface area contributed by atoms with Gasteiger partial charge in [0.2, 0.25) is 0 Å². The molecule has 1 N–H and O–H groups in total. The van der Waals surface area contributed by atoms with Crippen LogP contribution < -0.4 is 5.32 Å². The maximum Gasteiger partial charge on any atom is 0.193 e. The van der Waals surface area contributed by atoms with E-state index >= 15 is 0 Å². The molecule has 0 radical (unpaired) electrons. The predicted molar refractivity (Wildman–Crippen MR) is 64.8 cm³/mol. The van der Waals surface area contributed by atoms with Crippen LogP contribution in [0.3, 0.4) is 0 Å². The third-order valence-electron chi connectivity index (χ3n) is 2.79. The Morgan fingerprint density at radius 3 is 2.88 bits per heavy atom. The zero-order valence-corrected chi connectivity index (χ0v) is 10.5. The summed E-state index contributed by atoms with van der Waals surface area (Å²) >= 11 is 0. The molecule has 5 heteroatoms. The van der Waals surface area contributed by atoms with Gasteiger partial charge in [0, 0.05) is 46.8 Å². The number of methoxy groups -OCH3 is 2. The summed E-state index contributed by atoms with van der Waals surface area (Å²) in [6.45, 7) is 4.43. The fraction of sp³-hybridized carbons (Fsp3) is 0.909. The first-order valence-electron chi connectivity index (χ1n) is 5.75. The second-order valence-corrected chi connectivity index (χ2v) is 4.02. The first-order chi connectivity index (χ1) is 7.81. The lowest BCUT2D eigenvalue weighted by atomic mass is 10.1. The number of aliphatic imine (C=N–C) groups is 1. The van der Waals surface area contributed by atoms with E-state index in [1.165, 1.54) is 6.42 Å². The summed E-state index contributed by atoms with van der Waals surface area (Å²) in [7, 11) is 5.28. The molecule has 5 nitrogen and oxygen atoms in total. The van der Waals surface area contributed by atoms with Crippen LogP contribution in [0.5, 0.6) is 0 Å². The maximum atomic E-state index is 5.18. The fourth-order valence-corrected chi connectivity index (χ4v) is 1.99. The van der Waals surface area contributed by atoms with E-state index in [2.05, 4.69) is 15.2 Å². The van der Waals surface area contributed by atoms with Crippen LogP contribution in [-0.4, -0.2) is 65.0 Å². The maximum absolute atomic E-state index is 5.18. The molecule has 1 heterocycles. The van der Waals surface area contributed by atoms with Crippen molar-refractivity contribution in [2.75, 3.05) is 54.1 Å². The molecular weight excluding hydrogens is 206 g/mol. The number of nitrogens with one attached hydrogen (secondary N) is 1. The summed E-state index contributed by atoms with van der Waals surface area (Å²) in [6.07, 6.45) is 1.18. The summed E-state index contributed by atoms with van der Waals surface area (Å²) in [6, 6.07) is 0. The second-order valence-electron chi connectivity index (χ2n) is 4.02. The molecule has 0 aromatic heterocycles. The lowest BCUT2D eigenvalue weighted by Gasteiger charge is -2.21. The van der Waals surface area contributed by atoms with Crippen LogP contribution in [0.2, 0.25) is 0 Å². The van der Waals surface area contributed by atoms with Gasteiger partial charge in [-0.15, -0.1) is 0 Å². The van der Waals surface area contributed by atoms with E-state index in [0.29, 0.717) is 12.5 Å². The van der Waals surface area contributed by atoms with Gasteiger partial charge in [0.25, 0.3) is 0 Å². The molecule has 0 aliphatic carbocycles. The van der Waals surface area contributed by atoms with Gasteiger partial charge in [-0.3, -0.25) is 4.99 Å². The van der Waals surface area contributed by atoms with Gasteiger partial charge in [-0.1, -0.05) is 0 Å². The van der Waals surface area contributed by atoms with E-state index in [0.717, 1.165) is 32.2 Å². The SMILES string of the molecule is CN=C(NCCOC)N1CCC(COC)C1. The highest BCUT2D eigenvalue weighted by molar-refractivity contribution is 5.80. The molecule has 0 amide bonds. The molecule has 1 fully saturated rings. The molecule has 1 aliphatic rings. The van der Waals surface area contributed by atoms with Crippen LogP contribution in [-0.2, 0) is 9.47 Å². The predicted octanol–water partition coefficient (Wildman–Crippen LogP) is 0.177. The quantitative estimate of drug-likeness (QED) is 0.415. The van der Waals surface area contributed by atoms with Gasteiger partial charge in [0.1, 0.15) is 0 Å². The minimum absolute atomic E-state index is 0.631. The van der Waals surface area contributed by atoms with Crippen molar-refractivity contribution in [2.45, 2.75) is 6.42 Å². The van der Waals surface area contributed by atoms with Gasteiger partial charge < -0.3 is 19.7 Å². The van der Waals surface area contributed by atoms with Gasteiger partial charge in [-0.05, 0) is 6.42 Å². The summed E-state index contributed by atoms with van der Waals surface area (Å²) in [5.41, 5.74) is 0. The molecule has 0 aromatic carbocycles. The Balaban J connectivity index is 2.32. The Kier molecular flexibility index (Phi) is 6.18. The standard InChI is InChI=1S/C11H23N3O2/c1-12-11(13-5-7-15-2)14-6-4-10(8-14)9-16-3/h10H,4-9H2,1-3H3,(H,12,13). The second kappa shape index (κ2) is 7.46. The zero-order chi connectivity index (χ0) is 11.8. The molecular formula is C11H23N3O2. The Morgan fingerprint density at radius 1 is 1.44 bits per heavy atom. The summed E-state index contributed by atoms with van der Waals surface area (Å²) in [5, 5.41) is 3.29. The number of likely N-dealkylation sites (tertiary alicyclic amines) is 1. The monoisotopic (exact) mass is 229 g/mol. The van der Waals surface area contributed by atoms with Crippen molar-refractivity contribution >= 4 is 5.96 Å². The van der Waals surface area contributed by atoms with Crippen molar-refractivity contribution < 1.29 is 9.47 Å². The van der Waals surface area contributed by atoms with Crippen molar-refractivity contribution in [3.8, 4) is 0 Å². The Morgan fingerprint density at radius 2 is 2.25 bits per heavy atom. The van der Waals surface area contributed by atoms with E-state index in [9.17, 15) is 0 Å². The fourth-order valence-electron chi connectivity index (χ4n) is 1.99. The molecule has 16 heavy (non-hydrogen) atoms.